The van der Waals surface area contributed by atoms with Crippen molar-refractivity contribution in [1.82, 2.24) is 8.61 Å². The van der Waals surface area contributed by atoms with E-state index in [-0.39, 0.29) is 18.7 Å². The fourth-order valence-electron chi connectivity index (χ4n) is 1.92. The summed E-state index contributed by atoms with van der Waals surface area (Å²) in [7, 11) is -1.89. The summed E-state index contributed by atoms with van der Waals surface area (Å²) in [5, 5.41) is 9.01. The Bertz CT molecular complexity index is 318. The summed E-state index contributed by atoms with van der Waals surface area (Å²) in [4.78, 5) is 0. The highest BCUT2D eigenvalue weighted by Crippen LogP contribution is 2.22. The van der Waals surface area contributed by atoms with E-state index < -0.39 is 10.2 Å². The van der Waals surface area contributed by atoms with Gasteiger partial charge < -0.3 is 5.11 Å². The van der Waals surface area contributed by atoms with Crippen molar-refractivity contribution in [3.8, 4) is 0 Å². The Morgan fingerprint density at radius 1 is 1.50 bits per heavy atom. The fraction of sp³-hybridized carbons (Fsp3) is 1.00. The standard InChI is InChI=1S/C10H22N2O3S/c1-9-6-4-5-7-12(9)16(14,15)11(3)10(2)8-13/h9-10,13H,4-8H2,1-3H3. The fourth-order valence-corrected chi connectivity index (χ4v) is 3.69. The van der Waals surface area contributed by atoms with Crippen LogP contribution in [0.2, 0.25) is 0 Å². The Hall–Kier alpha value is -0.170. The molecule has 0 spiro atoms. The number of aliphatic hydroxyl groups is 1. The smallest absolute Gasteiger partial charge is 0.282 e. The van der Waals surface area contributed by atoms with Crippen LogP contribution in [0, 0.1) is 0 Å². The van der Waals surface area contributed by atoms with E-state index in [1.54, 1.807) is 11.2 Å². The third-order valence-electron chi connectivity index (χ3n) is 3.29. The van der Waals surface area contributed by atoms with E-state index in [0.717, 1.165) is 19.3 Å². The lowest BCUT2D eigenvalue weighted by Gasteiger charge is -2.36. The first-order chi connectivity index (χ1) is 7.41. The van der Waals surface area contributed by atoms with Gasteiger partial charge in [0.15, 0.2) is 0 Å². The van der Waals surface area contributed by atoms with Gasteiger partial charge in [0.1, 0.15) is 0 Å². The molecule has 16 heavy (non-hydrogen) atoms. The van der Waals surface area contributed by atoms with Crippen molar-refractivity contribution in [3.63, 3.8) is 0 Å². The van der Waals surface area contributed by atoms with Gasteiger partial charge in [-0.2, -0.15) is 17.0 Å². The van der Waals surface area contributed by atoms with Crippen LogP contribution in [-0.2, 0) is 10.2 Å². The first kappa shape index (κ1) is 13.9. The van der Waals surface area contributed by atoms with E-state index in [9.17, 15) is 8.42 Å². The zero-order chi connectivity index (χ0) is 12.3. The van der Waals surface area contributed by atoms with Gasteiger partial charge in [0.2, 0.25) is 0 Å². The highest BCUT2D eigenvalue weighted by molar-refractivity contribution is 7.86. The molecule has 0 aliphatic carbocycles. The van der Waals surface area contributed by atoms with Crippen molar-refractivity contribution in [2.24, 2.45) is 0 Å². The maximum atomic E-state index is 12.2. The largest absolute Gasteiger partial charge is 0.395 e. The second-order valence-electron chi connectivity index (χ2n) is 4.51. The quantitative estimate of drug-likeness (QED) is 0.786. The van der Waals surface area contributed by atoms with Gasteiger partial charge in [-0.15, -0.1) is 0 Å². The van der Waals surface area contributed by atoms with Crippen LogP contribution < -0.4 is 0 Å². The second-order valence-corrected chi connectivity index (χ2v) is 6.45. The molecule has 0 amide bonds. The molecule has 96 valence electrons. The summed E-state index contributed by atoms with van der Waals surface area (Å²) in [5.74, 6) is 0. The molecule has 1 rings (SSSR count). The minimum atomic E-state index is -3.42. The Morgan fingerprint density at radius 2 is 2.12 bits per heavy atom. The van der Waals surface area contributed by atoms with Crippen molar-refractivity contribution < 1.29 is 13.5 Å². The van der Waals surface area contributed by atoms with Crippen LogP contribution in [-0.4, -0.2) is 54.4 Å². The SMILES string of the molecule is CC(CO)N(C)S(=O)(=O)N1CCCCC1C. The molecule has 5 nitrogen and oxygen atoms in total. The predicted octanol–water partition coefficient (Wildman–Crippen LogP) is 0.418. The van der Waals surface area contributed by atoms with E-state index in [0.29, 0.717) is 6.54 Å². The zero-order valence-corrected chi connectivity index (χ0v) is 11.1. The molecular formula is C10H22N2O3S. The summed E-state index contributed by atoms with van der Waals surface area (Å²) in [5.41, 5.74) is 0. The summed E-state index contributed by atoms with van der Waals surface area (Å²) < 4.78 is 27.3. The average Bonchev–Trinajstić information content (AvgIpc) is 2.27. The van der Waals surface area contributed by atoms with E-state index in [1.807, 2.05) is 6.92 Å². The summed E-state index contributed by atoms with van der Waals surface area (Å²) >= 11 is 0. The predicted molar refractivity (Wildman–Crippen MR) is 63.2 cm³/mol. The Labute approximate surface area is 98.2 Å². The first-order valence-electron chi connectivity index (χ1n) is 5.77. The van der Waals surface area contributed by atoms with Gasteiger partial charge in [0.25, 0.3) is 10.2 Å². The van der Waals surface area contributed by atoms with Gasteiger partial charge in [0, 0.05) is 25.7 Å². The number of rotatable bonds is 4. The Balaban J connectivity index is 2.83. The van der Waals surface area contributed by atoms with Crippen molar-refractivity contribution in [2.45, 2.75) is 45.2 Å². The minimum Gasteiger partial charge on any atom is -0.395 e. The molecule has 0 radical (unpaired) electrons. The lowest BCUT2D eigenvalue weighted by Crippen LogP contribution is -2.51. The van der Waals surface area contributed by atoms with Crippen LogP contribution in [0.1, 0.15) is 33.1 Å². The van der Waals surface area contributed by atoms with Gasteiger partial charge in [-0.05, 0) is 26.7 Å². The van der Waals surface area contributed by atoms with Crippen molar-refractivity contribution >= 4 is 10.2 Å². The Morgan fingerprint density at radius 3 is 2.62 bits per heavy atom. The maximum Gasteiger partial charge on any atom is 0.282 e. The van der Waals surface area contributed by atoms with Gasteiger partial charge in [-0.25, -0.2) is 0 Å². The molecule has 1 N–H and O–H groups in total. The molecule has 2 atom stereocenters. The number of likely N-dealkylation sites (N-methyl/N-ethyl adjacent to an activating group) is 1. The first-order valence-corrected chi connectivity index (χ1v) is 7.16. The maximum absolute atomic E-state index is 12.2. The summed E-state index contributed by atoms with van der Waals surface area (Å²) in [6.45, 7) is 4.07. The lowest BCUT2D eigenvalue weighted by molar-refractivity contribution is 0.193. The number of hydrogen-bond acceptors (Lipinski definition) is 3. The third kappa shape index (κ3) is 2.74. The Kier molecular flexibility index (Phi) is 4.73. The van der Waals surface area contributed by atoms with E-state index in [1.165, 1.54) is 11.4 Å². The van der Waals surface area contributed by atoms with Crippen LogP contribution in [0.15, 0.2) is 0 Å². The highest BCUT2D eigenvalue weighted by atomic mass is 32.2. The molecule has 0 aromatic heterocycles. The molecule has 6 heteroatoms. The third-order valence-corrected chi connectivity index (χ3v) is 5.51. The molecule has 1 aliphatic rings. The monoisotopic (exact) mass is 250 g/mol. The number of nitrogens with zero attached hydrogens (tertiary/aromatic N) is 2. The van der Waals surface area contributed by atoms with Crippen LogP contribution >= 0.6 is 0 Å². The number of aliphatic hydroxyl groups excluding tert-OH is 1. The zero-order valence-electron chi connectivity index (χ0n) is 10.3. The highest BCUT2D eigenvalue weighted by Gasteiger charge is 2.34. The molecule has 1 fully saturated rings. The van der Waals surface area contributed by atoms with Crippen LogP contribution in [0.25, 0.3) is 0 Å². The van der Waals surface area contributed by atoms with Crippen molar-refractivity contribution in [1.29, 1.82) is 0 Å². The molecule has 1 heterocycles. The number of hydrogen-bond donors (Lipinski definition) is 1. The molecule has 0 bridgehead atoms. The van der Waals surface area contributed by atoms with Gasteiger partial charge in [-0.1, -0.05) is 6.42 Å². The molecular weight excluding hydrogens is 228 g/mol. The van der Waals surface area contributed by atoms with Crippen molar-refractivity contribution in [2.75, 3.05) is 20.2 Å². The summed E-state index contributed by atoms with van der Waals surface area (Å²) in [6, 6.07) is -0.314. The average molecular weight is 250 g/mol. The topological polar surface area (TPSA) is 60.9 Å². The second kappa shape index (κ2) is 5.44. The van der Waals surface area contributed by atoms with Crippen LogP contribution in [0.5, 0.6) is 0 Å². The molecule has 0 saturated carbocycles. The summed E-state index contributed by atoms with van der Waals surface area (Å²) in [6.07, 6.45) is 2.93. The van der Waals surface area contributed by atoms with E-state index >= 15 is 0 Å². The van der Waals surface area contributed by atoms with E-state index in [2.05, 4.69) is 0 Å². The van der Waals surface area contributed by atoms with E-state index in [4.69, 9.17) is 5.11 Å². The normalized spacial score (nSPS) is 25.9. The van der Waals surface area contributed by atoms with Gasteiger partial charge in [-0.3, -0.25) is 0 Å². The molecule has 1 saturated heterocycles. The van der Waals surface area contributed by atoms with Crippen LogP contribution in [0.3, 0.4) is 0 Å². The van der Waals surface area contributed by atoms with Crippen molar-refractivity contribution in [3.05, 3.63) is 0 Å². The number of piperidine rings is 1. The van der Waals surface area contributed by atoms with Gasteiger partial charge in [0.05, 0.1) is 6.61 Å². The lowest BCUT2D eigenvalue weighted by atomic mass is 10.1. The minimum absolute atomic E-state index is 0.0621. The molecule has 1 aliphatic heterocycles. The van der Waals surface area contributed by atoms with Gasteiger partial charge >= 0.3 is 0 Å². The molecule has 0 aromatic rings. The molecule has 2 unspecified atom stereocenters. The molecule has 0 aromatic carbocycles. The van der Waals surface area contributed by atoms with Crippen LogP contribution in [0.4, 0.5) is 0 Å².